The Morgan fingerprint density at radius 2 is 1.62 bits per heavy atom. The number of likely N-dealkylation sites (tertiary alicyclic amines) is 1. The van der Waals surface area contributed by atoms with E-state index in [0.29, 0.717) is 18.3 Å². The van der Waals surface area contributed by atoms with Gasteiger partial charge in [-0.15, -0.1) is 0 Å². The minimum atomic E-state index is -0.664. The monoisotopic (exact) mass is 461 g/mol. The Morgan fingerprint density at radius 1 is 0.882 bits per heavy atom. The molecule has 2 fully saturated rings. The van der Waals surface area contributed by atoms with Crippen LogP contribution in [-0.4, -0.2) is 41.4 Å². The van der Waals surface area contributed by atoms with Gasteiger partial charge in [0.1, 0.15) is 24.2 Å². The van der Waals surface area contributed by atoms with E-state index in [1.165, 1.54) is 70.0 Å². The number of aliphatic hydroxyl groups is 1. The number of hydrogen-bond donors (Lipinski definition) is 2. The third-order valence-electron chi connectivity index (χ3n) is 8.08. The van der Waals surface area contributed by atoms with E-state index in [0.717, 1.165) is 47.4 Å². The average molecular weight is 462 g/mol. The van der Waals surface area contributed by atoms with Crippen molar-refractivity contribution in [2.24, 2.45) is 5.92 Å². The molecule has 0 radical (unpaired) electrons. The Labute approximate surface area is 204 Å². The van der Waals surface area contributed by atoms with Crippen molar-refractivity contribution in [2.45, 2.75) is 70.3 Å². The van der Waals surface area contributed by atoms with Crippen molar-refractivity contribution >= 4 is 5.57 Å². The molecule has 1 aliphatic heterocycles. The first-order chi connectivity index (χ1) is 16.7. The molecule has 1 heterocycles. The van der Waals surface area contributed by atoms with Gasteiger partial charge in [-0.2, -0.15) is 0 Å². The molecule has 2 aliphatic carbocycles. The average Bonchev–Trinajstić information content (AvgIpc) is 2.89. The predicted molar refractivity (Wildman–Crippen MR) is 137 cm³/mol. The Bertz CT molecular complexity index is 985. The highest BCUT2D eigenvalue weighted by Gasteiger charge is 2.30. The number of phenolic OH excluding ortho intramolecular Hbond substituents is 1. The molecule has 1 saturated carbocycles. The second-order valence-corrected chi connectivity index (χ2v) is 10.3. The second-order valence-electron chi connectivity index (χ2n) is 10.3. The highest BCUT2D eigenvalue weighted by Crippen LogP contribution is 2.46. The highest BCUT2D eigenvalue weighted by molar-refractivity contribution is 5.77. The molecule has 34 heavy (non-hydrogen) atoms. The number of hydrogen-bond acceptors (Lipinski definition) is 4. The molecule has 1 saturated heterocycles. The summed E-state index contributed by atoms with van der Waals surface area (Å²) < 4.78 is 6.01. The summed E-state index contributed by atoms with van der Waals surface area (Å²) >= 11 is 0. The third kappa shape index (κ3) is 5.34. The van der Waals surface area contributed by atoms with Gasteiger partial charge < -0.3 is 14.9 Å². The molecule has 2 aromatic rings. The fourth-order valence-electron chi connectivity index (χ4n) is 6.21. The maximum absolute atomic E-state index is 11.6. The summed E-state index contributed by atoms with van der Waals surface area (Å²) in [5.74, 6) is 1.74. The van der Waals surface area contributed by atoms with Crippen molar-refractivity contribution in [2.75, 3.05) is 26.2 Å². The van der Waals surface area contributed by atoms with Gasteiger partial charge in [0, 0.05) is 6.54 Å². The molecule has 1 unspecified atom stereocenters. The molecule has 2 N–H and O–H groups in total. The number of phenols is 1. The van der Waals surface area contributed by atoms with Gasteiger partial charge in [0.15, 0.2) is 0 Å². The van der Waals surface area contributed by atoms with E-state index in [1.54, 1.807) is 6.07 Å². The van der Waals surface area contributed by atoms with Gasteiger partial charge in [0.2, 0.25) is 0 Å². The number of benzene rings is 2. The van der Waals surface area contributed by atoms with Crippen LogP contribution in [0.1, 0.15) is 80.6 Å². The molecular weight excluding hydrogens is 422 g/mol. The quantitative estimate of drug-likeness (QED) is 0.510. The lowest BCUT2D eigenvalue weighted by Crippen LogP contribution is -2.33. The van der Waals surface area contributed by atoms with Crippen LogP contribution in [0.25, 0.3) is 5.57 Å². The second kappa shape index (κ2) is 11.0. The number of aliphatic hydroxyl groups excluding tert-OH is 1. The van der Waals surface area contributed by atoms with Crippen LogP contribution in [0.15, 0.2) is 48.0 Å². The lowest BCUT2D eigenvalue weighted by atomic mass is 9.73. The number of allylic oxidation sites excluding steroid dienone is 1. The zero-order valence-corrected chi connectivity index (χ0v) is 20.3. The van der Waals surface area contributed by atoms with Crippen molar-refractivity contribution in [3.8, 4) is 11.5 Å². The van der Waals surface area contributed by atoms with E-state index in [2.05, 4.69) is 4.90 Å². The molecule has 1 atom stereocenters. The van der Waals surface area contributed by atoms with Crippen molar-refractivity contribution in [3.05, 3.63) is 64.7 Å². The predicted octanol–water partition coefficient (Wildman–Crippen LogP) is 6.27. The number of fused-ring (bicyclic) bond motifs is 1. The normalized spacial score (nSPS) is 20.7. The molecule has 4 heteroatoms. The topological polar surface area (TPSA) is 52.9 Å². The van der Waals surface area contributed by atoms with Crippen molar-refractivity contribution in [1.82, 2.24) is 4.90 Å². The number of piperidine rings is 1. The van der Waals surface area contributed by atoms with Gasteiger partial charge in [-0.25, -0.2) is 0 Å². The van der Waals surface area contributed by atoms with Crippen molar-refractivity contribution in [3.63, 3.8) is 0 Å². The van der Waals surface area contributed by atoms with Crippen LogP contribution in [0, 0.1) is 5.92 Å². The molecule has 0 aromatic heterocycles. The molecule has 0 amide bonds. The summed E-state index contributed by atoms with van der Waals surface area (Å²) in [6.07, 6.45) is 11.5. The van der Waals surface area contributed by atoms with Crippen molar-refractivity contribution in [1.29, 1.82) is 0 Å². The van der Waals surface area contributed by atoms with Crippen LogP contribution in [0.4, 0.5) is 0 Å². The number of ether oxygens (including phenoxy) is 1. The fraction of sp³-hybridized carbons (Fsp3) is 0.533. The Morgan fingerprint density at radius 3 is 2.38 bits per heavy atom. The van der Waals surface area contributed by atoms with Crippen LogP contribution in [0.2, 0.25) is 0 Å². The summed E-state index contributed by atoms with van der Waals surface area (Å²) in [5.41, 5.74) is 5.68. The van der Waals surface area contributed by atoms with E-state index < -0.39 is 6.10 Å². The van der Waals surface area contributed by atoms with E-state index in [4.69, 9.17) is 4.74 Å². The molecule has 2 aromatic carbocycles. The number of rotatable bonds is 7. The van der Waals surface area contributed by atoms with Crippen LogP contribution in [0.3, 0.4) is 0 Å². The standard InChI is InChI=1S/C30H39NO3/c32-25-12-16-28-24(21-25)11-15-27(22-7-3-1-4-8-22)29(28)30(33)23-9-13-26(14-10-23)34-20-19-31-17-5-2-6-18-31/h9-10,12-14,16,21-22,30,32-33H,1-8,11,15,17-20H2. The van der Waals surface area contributed by atoms with Gasteiger partial charge in [0.05, 0.1) is 0 Å². The van der Waals surface area contributed by atoms with Crippen LogP contribution in [-0.2, 0) is 6.42 Å². The number of aryl methyl sites for hydroxylation is 1. The van der Waals surface area contributed by atoms with Crippen LogP contribution >= 0.6 is 0 Å². The first-order valence-electron chi connectivity index (χ1n) is 13.4. The van der Waals surface area contributed by atoms with Gasteiger partial charge in [0.25, 0.3) is 0 Å². The van der Waals surface area contributed by atoms with E-state index >= 15 is 0 Å². The zero-order chi connectivity index (χ0) is 23.3. The lowest BCUT2D eigenvalue weighted by molar-refractivity contribution is 0.183. The van der Waals surface area contributed by atoms with E-state index in [1.807, 2.05) is 36.4 Å². The zero-order valence-electron chi connectivity index (χ0n) is 20.3. The first kappa shape index (κ1) is 23.4. The molecule has 0 spiro atoms. The van der Waals surface area contributed by atoms with Gasteiger partial charge in [-0.3, -0.25) is 4.90 Å². The Hall–Kier alpha value is -2.30. The lowest BCUT2D eigenvalue weighted by Gasteiger charge is -2.33. The van der Waals surface area contributed by atoms with Crippen LogP contribution < -0.4 is 4.74 Å². The van der Waals surface area contributed by atoms with Crippen molar-refractivity contribution < 1.29 is 14.9 Å². The molecule has 182 valence electrons. The minimum absolute atomic E-state index is 0.305. The Balaban J connectivity index is 1.34. The molecule has 0 bridgehead atoms. The first-order valence-corrected chi connectivity index (χ1v) is 13.4. The Kier molecular flexibility index (Phi) is 7.56. The molecule has 5 rings (SSSR count). The minimum Gasteiger partial charge on any atom is -0.508 e. The van der Waals surface area contributed by atoms with Crippen LogP contribution in [0.5, 0.6) is 11.5 Å². The highest BCUT2D eigenvalue weighted by atomic mass is 16.5. The number of nitrogens with zero attached hydrogens (tertiary/aromatic N) is 1. The third-order valence-corrected chi connectivity index (χ3v) is 8.08. The van der Waals surface area contributed by atoms with Gasteiger partial charge in [-0.1, -0.05) is 49.5 Å². The maximum Gasteiger partial charge on any atom is 0.119 e. The van der Waals surface area contributed by atoms with Gasteiger partial charge >= 0.3 is 0 Å². The fourth-order valence-corrected chi connectivity index (χ4v) is 6.21. The SMILES string of the molecule is Oc1ccc2c(c1)CCC(C1CCCCC1)=C2C(O)c1ccc(OCCN2CCCCC2)cc1. The van der Waals surface area contributed by atoms with Gasteiger partial charge in [-0.05, 0) is 104 Å². The largest absolute Gasteiger partial charge is 0.508 e. The summed E-state index contributed by atoms with van der Waals surface area (Å²) in [5, 5.41) is 21.7. The summed E-state index contributed by atoms with van der Waals surface area (Å²) in [7, 11) is 0. The molecule has 3 aliphatic rings. The number of aromatic hydroxyl groups is 1. The smallest absolute Gasteiger partial charge is 0.119 e. The maximum atomic E-state index is 11.6. The summed E-state index contributed by atoms with van der Waals surface area (Å²) in [6, 6.07) is 13.7. The summed E-state index contributed by atoms with van der Waals surface area (Å²) in [6.45, 7) is 4.06. The van der Waals surface area contributed by atoms with E-state index in [9.17, 15) is 10.2 Å². The summed E-state index contributed by atoms with van der Waals surface area (Å²) in [4.78, 5) is 2.49. The molecule has 4 nitrogen and oxygen atoms in total. The molecular formula is C30H39NO3. The van der Waals surface area contributed by atoms with E-state index in [-0.39, 0.29) is 0 Å².